The molecule has 0 saturated heterocycles. The Kier molecular flexibility index (Phi) is 3.36. The van der Waals surface area contributed by atoms with Crippen molar-refractivity contribution in [2.45, 2.75) is 6.36 Å². The molecule has 8 heteroatoms. The molecule has 0 spiro atoms. The van der Waals surface area contributed by atoms with Crippen LogP contribution in [0.15, 0.2) is 15.0 Å². The largest absolute Gasteiger partial charge is 0.574 e. The molecule has 0 aliphatic carbocycles. The quantitative estimate of drug-likeness (QED) is 0.576. The normalized spacial score (nSPS) is 11.6. The molecule has 0 atom stereocenters. The number of pyridine rings is 1. The van der Waals surface area contributed by atoms with Gasteiger partial charge in [0.05, 0.1) is 8.95 Å². The Morgan fingerprint density at radius 3 is 2.29 bits per heavy atom. The lowest BCUT2D eigenvalue weighted by molar-refractivity contribution is -0.276. The standard InChI is InChI=1S/C6HBr2F4NO/c7-2-1-3(8)5(13-4(2)9)14-6(10,11)12/h1H. The topological polar surface area (TPSA) is 22.1 Å². The summed E-state index contributed by atoms with van der Waals surface area (Å²) < 4.78 is 51.2. The number of rotatable bonds is 1. The van der Waals surface area contributed by atoms with Gasteiger partial charge in [0, 0.05) is 0 Å². The van der Waals surface area contributed by atoms with E-state index < -0.39 is 18.2 Å². The molecule has 1 rings (SSSR count). The third-order valence-electron chi connectivity index (χ3n) is 1.07. The molecule has 1 aromatic heterocycles. The molecule has 0 aromatic carbocycles. The van der Waals surface area contributed by atoms with Gasteiger partial charge in [-0.15, -0.1) is 13.2 Å². The minimum absolute atomic E-state index is 0.0566. The zero-order valence-corrected chi connectivity index (χ0v) is 9.37. The zero-order valence-electron chi connectivity index (χ0n) is 6.20. The smallest absolute Gasteiger partial charge is 0.387 e. The minimum Gasteiger partial charge on any atom is -0.387 e. The average molecular weight is 339 g/mol. The highest BCUT2D eigenvalue weighted by molar-refractivity contribution is 9.11. The molecular weight excluding hydrogens is 338 g/mol. The van der Waals surface area contributed by atoms with Crippen LogP contribution in [0.3, 0.4) is 0 Å². The molecule has 0 bridgehead atoms. The maximum Gasteiger partial charge on any atom is 0.574 e. The predicted octanol–water partition coefficient (Wildman–Crippen LogP) is 3.64. The van der Waals surface area contributed by atoms with Crippen molar-refractivity contribution in [3.8, 4) is 5.88 Å². The molecular formula is C6HBr2F4NO. The third-order valence-corrected chi connectivity index (χ3v) is 2.19. The number of nitrogens with zero attached hydrogens (tertiary/aromatic N) is 1. The fourth-order valence-electron chi connectivity index (χ4n) is 0.610. The van der Waals surface area contributed by atoms with Crippen molar-refractivity contribution in [1.29, 1.82) is 0 Å². The van der Waals surface area contributed by atoms with Gasteiger partial charge in [-0.3, -0.25) is 0 Å². The highest BCUT2D eigenvalue weighted by Crippen LogP contribution is 2.31. The van der Waals surface area contributed by atoms with E-state index in [4.69, 9.17) is 0 Å². The Balaban J connectivity index is 3.04. The first-order valence-corrected chi connectivity index (χ1v) is 4.65. The molecule has 0 saturated carbocycles. The van der Waals surface area contributed by atoms with Crippen molar-refractivity contribution in [1.82, 2.24) is 4.98 Å². The molecule has 14 heavy (non-hydrogen) atoms. The van der Waals surface area contributed by atoms with Crippen LogP contribution in [0.5, 0.6) is 5.88 Å². The summed E-state index contributed by atoms with van der Waals surface area (Å²) in [5, 5.41) is 0. The summed E-state index contributed by atoms with van der Waals surface area (Å²) in [7, 11) is 0. The van der Waals surface area contributed by atoms with E-state index in [1.165, 1.54) is 0 Å². The maximum atomic E-state index is 12.7. The Labute approximate surface area is 92.5 Å². The van der Waals surface area contributed by atoms with Crippen LogP contribution in [0.1, 0.15) is 0 Å². The molecule has 0 N–H and O–H groups in total. The SMILES string of the molecule is Fc1nc(OC(F)(F)F)c(Br)cc1Br. The third kappa shape index (κ3) is 3.09. The number of ether oxygens (including phenoxy) is 1. The molecule has 0 aliphatic heterocycles. The number of alkyl halides is 3. The van der Waals surface area contributed by atoms with Gasteiger partial charge < -0.3 is 4.74 Å². The molecule has 0 radical (unpaired) electrons. The monoisotopic (exact) mass is 337 g/mol. The van der Waals surface area contributed by atoms with E-state index in [0.717, 1.165) is 6.07 Å². The van der Waals surface area contributed by atoms with Gasteiger partial charge in [0.25, 0.3) is 0 Å². The minimum atomic E-state index is -4.89. The summed E-state index contributed by atoms with van der Waals surface area (Å²) in [6.45, 7) is 0. The van der Waals surface area contributed by atoms with Crippen LogP contribution in [0.4, 0.5) is 17.6 Å². The van der Waals surface area contributed by atoms with E-state index >= 15 is 0 Å². The number of hydrogen-bond acceptors (Lipinski definition) is 2. The number of aromatic nitrogens is 1. The molecule has 0 unspecified atom stereocenters. The van der Waals surface area contributed by atoms with Crippen LogP contribution in [0.25, 0.3) is 0 Å². The van der Waals surface area contributed by atoms with Gasteiger partial charge in [0.1, 0.15) is 0 Å². The van der Waals surface area contributed by atoms with Crippen molar-refractivity contribution in [3.63, 3.8) is 0 Å². The van der Waals surface area contributed by atoms with Crippen LogP contribution in [-0.2, 0) is 0 Å². The molecule has 0 aliphatic rings. The molecule has 1 aromatic rings. The molecule has 0 amide bonds. The average Bonchev–Trinajstić information content (AvgIpc) is 1.97. The Hall–Kier alpha value is -0.370. The lowest BCUT2D eigenvalue weighted by atomic mass is 10.5. The van der Waals surface area contributed by atoms with Crippen LogP contribution in [0.2, 0.25) is 0 Å². The molecule has 2 nitrogen and oxygen atoms in total. The Bertz CT molecular complexity index is 354. The van der Waals surface area contributed by atoms with Gasteiger partial charge in [-0.1, -0.05) is 0 Å². The van der Waals surface area contributed by atoms with Gasteiger partial charge in [0.2, 0.25) is 11.8 Å². The highest BCUT2D eigenvalue weighted by atomic mass is 79.9. The fourth-order valence-corrected chi connectivity index (χ4v) is 1.63. The summed E-state index contributed by atoms with van der Waals surface area (Å²) in [4.78, 5) is 2.95. The summed E-state index contributed by atoms with van der Waals surface area (Å²) in [6, 6.07) is 1.07. The van der Waals surface area contributed by atoms with Gasteiger partial charge >= 0.3 is 6.36 Å². The van der Waals surface area contributed by atoms with E-state index in [0.29, 0.717) is 0 Å². The summed E-state index contributed by atoms with van der Waals surface area (Å²) in [5.74, 6) is -1.94. The van der Waals surface area contributed by atoms with Crippen LogP contribution in [-0.4, -0.2) is 11.3 Å². The van der Waals surface area contributed by atoms with Crippen LogP contribution < -0.4 is 4.74 Å². The second-order valence-electron chi connectivity index (χ2n) is 2.10. The highest BCUT2D eigenvalue weighted by Gasteiger charge is 2.33. The zero-order chi connectivity index (χ0) is 10.9. The van der Waals surface area contributed by atoms with E-state index in [2.05, 4.69) is 41.6 Å². The van der Waals surface area contributed by atoms with Crippen LogP contribution >= 0.6 is 31.9 Å². The fraction of sp³-hybridized carbons (Fsp3) is 0.167. The molecule has 1 heterocycles. The first kappa shape index (κ1) is 11.7. The summed E-state index contributed by atoms with van der Waals surface area (Å²) >= 11 is 5.51. The van der Waals surface area contributed by atoms with Gasteiger partial charge in [-0.25, -0.2) is 0 Å². The number of halogens is 6. The van der Waals surface area contributed by atoms with Crippen molar-refractivity contribution in [2.75, 3.05) is 0 Å². The van der Waals surface area contributed by atoms with Crippen molar-refractivity contribution >= 4 is 31.9 Å². The van der Waals surface area contributed by atoms with Gasteiger partial charge in [0.15, 0.2) is 0 Å². The molecule has 0 fully saturated rings. The van der Waals surface area contributed by atoms with Crippen molar-refractivity contribution in [2.24, 2.45) is 0 Å². The van der Waals surface area contributed by atoms with E-state index in [1.54, 1.807) is 0 Å². The number of hydrogen-bond donors (Lipinski definition) is 0. The molecule has 78 valence electrons. The lowest BCUT2D eigenvalue weighted by Crippen LogP contribution is -2.18. The maximum absolute atomic E-state index is 12.7. The van der Waals surface area contributed by atoms with Gasteiger partial charge in [-0.2, -0.15) is 9.37 Å². The van der Waals surface area contributed by atoms with Crippen molar-refractivity contribution < 1.29 is 22.3 Å². The summed E-state index contributed by atoms with van der Waals surface area (Å²) in [5.41, 5.74) is 0. The lowest BCUT2D eigenvalue weighted by Gasteiger charge is -2.09. The van der Waals surface area contributed by atoms with E-state index in [1.807, 2.05) is 0 Å². The van der Waals surface area contributed by atoms with E-state index in [9.17, 15) is 17.6 Å². The second kappa shape index (κ2) is 4.01. The van der Waals surface area contributed by atoms with E-state index in [-0.39, 0.29) is 8.95 Å². The Morgan fingerprint density at radius 2 is 1.79 bits per heavy atom. The van der Waals surface area contributed by atoms with Crippen molar-refractivity contribution in [3.05, 3.63) is 21.0 Å². The van der Waals surface area contributed by atoms with Gasteiger partial charge in [-0.05, 0) is 37.9 Å². The first-order valence-electron chi connectivity index (χ1n) is 3.07. The van der Waals surface area contributed by atoms with Crippen LogP contribution in [0, 0.1) is 5.95 Å². The second-order valence-corrected chi connectivity index (χ2v) is 3.80. The summed E-state index contributed by atoms with van der Waals surface area (Å²) in [6.07, 6.45) is -4.89. The predicted molar refractivity (Wildman–Crippen MR) is 46.3 cm³/mol. The first-order chi connectivity index (χ1) is 6.29. The Morgan fingerprint density at radius 1 is 1.21 bits per heavy atom.